The normalized spacial score (nSPS) is 32.5. The number of fused-ring (bicyclic) bond motifs is 2. The first kappa shape index (κ1) is 11.7. The summed E-state index contributed by atoms with van der Waals surface area (Å²) in [5.74, 6) is 0.783. The molecule has 2 saturated heterocycles. The van der Waals surface area contributed by atoms with E-state index in [1.807, 2.05) is 7.05 Å². The van der Waals surface area contributed by atoms with Crippen molar-refractivity contribution in [3.05, 3.63) is 0 Å². The molecule has 2 bridgehead atoms. The molecule has 0 saturated carbocycles. The molecule has 0 radical (unpaired) electrons. The van der Waals surface area contributed by atoms with Gasteiger partial charge in [-0.3, -0.25) is 0 Å². The first-order valence-electron chi connectivity index (χ1n) is 6.24. The van der Waals surface area contributed by atoms with Crippen molar-refractivity contribution >= 4 is 6.09 Å². The summed E-state index contributed by atoms with van der Waals surface area (Å²) >= 11 is 0. The number of nitrogens with zero attached hydrogens (tertiary/aromatic N) is 1. The number of carbonyl (C=O) groups is 1. The maximum absolute atomic E-state index is 11.2. The summed E-state index contributed by atoms with van der Waals surface area (Å²) in [7, 11) is 3.24. The average molecular weight is 226 g/mol. The SMILES string of the molecule is COC(=O)N(C)CCC1CC2CCC(C1)N2. The Kier molecular flexibility index (Phi) is 3.69. The molecular formula is C12H22N2O2. The highest BCUT2D eigenvalue weighted by atomic mass is 16.5. The van der Waals surface area contributed by atoms with E-state index in [2.05, 4.69) is 10.1 Å². The lowest BCUT2D eigenvalue weighted by molar-refractivity contribution is 0.129. The van der Waals surface area contributed by atoms with Crippen LogP contribution in [-0.4, -0.2) is 43.8 Å². The Bertz CT molecular complexity index is 245. The third kappa shape index (κ3) is 2.67. The summed E-state index contributed by atoms with van der Waals surface area (Å²) in [6, 6.07) is 1.49. The van der Waals surface area contributed by atoms with E-state index in [-0.39, 0.29) is 6.09 Å². The standard InChI is InChI=1S/C12H22N2O2/c1-14(12(15)16-2)6-5-9-7-10-3-4-11(8-9)13-10/h9-11,13H,3-8H2,1-2H3. The number of rotatable bonds is 3. The van der Waals surface area contributed by atoms with E-state index in [4.69, 9.17) is 0 Å². The van der Waals surface area contributed by atoms with E-state index in [1.54, 1.807) is 4.90 Å². The van der Waals surface area contributed by atoms with E-state index in [0.717, 1.165) is 31.0 Å². The van der Waals surface area contributed by atoms with Crippen LogP contribution in [0.15, 0.2) is 0 Å². The summed E-state index contributed by atoms with van der Waals surface area (Å²) in [5, 5.41) is 3.64. The van der Waals surface area contributed by atoms with Crippen molar-refractivity contribution in [1.29, 1.82) is 0 Å². The van der Waals surface area contributed by atoms with Crippen LogP contribution in [-0.2, 0) is 4.74 Å². The van der Waals surface area contributed by atoms with Crippen LogP contribution >= 0.6 is 0 Å². The minimum absolute atomic E-state index is 0.225. The molecule has 0 aromatic carbocycles. The Morgan fingerprint density at radius 2 is 2.00 bits per heavy atom. The van der Waals surface area contributed by atoms with Crippen molar-refractivity contribution in [1.82, 2.24) is 10.2 Å². The van der Waals surface area contributed by atoms with Crippen LogP contribution in [0.1, 0.15) is 32.1 Å². The molecule has 2 atom stereocenters. The van der Waals surface area contributed by atoms with Crippen LogP contribution in [0.5, 0.6) is 0 Å². The van der Waals surface area contributed by atoms with Crippen molar-refractivity contribution in [3.8, 4) is 0 Å². The molecule has 2 heterocycles. The molecule has 1 amide bonds. The zero-order chi connectivity index (χ0) is 11.5. The lowest BCUT2D eigenvalue weighted by atomic mass is 9.89. The number of methoxy groups -OCH3 is 1. The number of carbonyl (C=O) groups excluding carboxylic acids is 1. The van der Waals surface area contributed by atoms with Gasteiger partial charge in [-0.25, -0.2) is 4.79 Å². The largest absolute Gasteiger partial charge is 0.453 e. The van der Waals surface area contributed by atoms with Gasteiger partial charge in [0.15, 0.2) is 0 Å². The first-order valence-corrected chi connectivity index (χ1v) is 6.24. The van der Waals surface area contributed by atoms with E-state index in [0.29, 0.717) is 0 Å². The molecular weight excluding hydrogens is 204 g/mol. The van der Waals surface area contributed by atoms with Crippen LogP contribution in [0.2, 0.25) is 0 Å². The minimum atomic E-state index is -0.225. The summed E-state index contributed by atoms with van der Waals surface area (Å²) in [5.41, 5.74) is 0. The van der Waals surface area contributed by atoms with Crippen molar-refractivity contribution in [2.24, 2.45) is 5.92 Å². The molecule has 0 aromatic rings. The molecule has 2 aliphatic heterocycles. The van der Waals surface area contributed by atoms with Gasteiger partial charge in [-0.05, 0) is 38.0 Å². The van der Waals surface area contributed by atoms with Crippen LogP contribution in [0.25, 0.3) is 0 Å². The summed E-state index contributed by atoms with van der Waals surface area (Å²) in [6.45, 7) is 0.816. The average Bonchev–Trinajstić information content (AvgIpc) is 2.64. The number of ether oxygens (including phenoxy) is 1. The number of nitrogens with one attached hydrogen (secondary N) is 1. The van der Waals surface area contributed by atoms with E-state index < -0.39 is 0 Å². The second kappa shape index (κ2) is 5.04. The lowest BCUT2D eigenvalue weighted by Crippen LogP contribution is -2.39. The Hall–Kier alpha value is -0.770. The first-order chi connectivity index (χ1) is 7.69. The lowest BCUT2D eigenvalue weighted by Gasteiger charge is -2.30. The van der Waals surface area contributed by atoms with E-state index in [1.165, 1.54) is 32.8 Å². The van der Waals surface area contributed by atoms with Crippen molar-refractivity contribution < 1.29 is 9.53 Å². The molecule has 0 spiro atoms. The van der Waals surface area contributed by atoms with E-state index >= 15 is 0 Å². The second-order valence-electron chi connectivity index (χ2n) is 5.16. The van der Waals surface area contributed by atoms with Gasteiger partial charge in [-0.15, -0.1) is 0 Å². The smallest absolute Gasteiger partial charge is 0.409 e. The van der Waals surface area contributed by atoms with Gasteiger partial charge in [-0.2, -0.15) is 0 Å². The Labute approximate surface area is 97.3 Å². The maximum atomic E-state index is 11.2. The zero-order valence-corrected chi connectivity index (χ0v) is 10.2. The highest BCUT2D eigenvalue weighted by Crippen LogP contribution is 2.32. The van der Waals surface area contributed by atoms with Crippen LogP contribution in [0.3, 0.4) is 0 Å². The minimum Gasteiger partial charge on any atom is -0.453 e. The Morgan fingerprint density at radius 1 is 1.38 bits per heavy atom. The molecule has 2 unspecified atom stereocenters. The van der Waals surface area contributed by atoms with Gasteiger partial charge < -0.3 is 15.0 Å². The summed E-state index contributed by atoms with van der Waals surface area (Å²) in [4.78, 5) is 12.9. The Balaban J connectivity index is 1.72. The molecule has 4 heteroatoms. The highest BCUT2D eigenvalue weighted by Gasteiger charge is 2.33. The van der Waals surface area contributed by atoms with Crippen molar-refractivity contribution in [2.75, 3.05) is 20.7 Å². The van der Waals surface area contributed by atoms with Gasteiger partial charge in [0.2, 0.25) is 0 Å². The van der Waals surface area contributed by atoms with Crippen molar-refractivity contribution in [3.63, 3.8) is 0 Å². The quantitative estimate of drug-likeness (QED) is 0.795. The number of hydrogen-bond donors (Lipinski definition) is 1. The predicted molar refractivity (Wildman–Crippen MR) is 62.3 cm³/mol. The third-order valence-corrected chi connectivity index (χ3v) is 3.93. The van der Waals surface area contributed by atoms with Gasteiger partial charge in [0.1, 0.15) is 0 Å². The molecule has 4 nitrogen and oxygen atoms in total. The van der Waals surface area contributed by atoms with Crippen molar-refractivity contribution in [2.45, 2.75) is 44.2 Å². The topological polar surface area (TPSA) is 41.6 Å². The van der Waals surface area contributed by atoms with Crippen LogP contribution in [0.4, 0.5) is 4.79 Å². The molecule has 0 aromatic heterocycles. The molecule has 2 rings (SSSR count). The summed E-state index contributed by atoms with van der Waals surface area (Å²) < 4.78 is 4.68. The maximum Gasteiger partial charge on any atom is 0.409 e. The van der Waals surface area contributed by atoms with Gasteiger partial charge >= 0.3 is 6.09 Å². The van der Waals surface area contributed by atoms with Crippen LogP contribution < -0.4 is 5.32 Å². The second-order valence-corrected chi connectivity index (χ2v) is 5.16. The number of amides is 1. The third-order valence-electron chi connectivity index (χ3n) is 3.93. The monoisotopic (exact) mass is 226 g/mol. The highest BCUT2D eigenvalue weighted by molar-refractivity contribution is 5.66. The number of piperidine rings is 1. The van der Waals surface area contributed by atoms with Gasteiger partial charge in [-0.1, -0.05) is 0 Å². The summed E-state index contributed by atoms with van der Waals surface area (Å²) in [6.07, 6.45) is 6.14. The molecule has 2 aliphatic rings. The zero-order valence-electron chi connectivity index (χ0n) is 10.2. The fourth-order valence-corrected chi connectivity index (χ4v) is 3.03. The number of hydrogen-bond acceptors (Lipinski definition) is 3. The van der Waals surface area contributed by atoms with Crippen LogP contribution in [0, 0.1) is 5.92 Å². The molecule has 0 aliphatic carbocycles. The molecule has 2 fully saturated rings. The molecule has 1 N–H and O–H groups in total. The molecule has 16 heavy (non-hydrogen) atoms. The predicted octanol–water partition coefficient (Wildman–Crippen LogP) is 1.61. The Morgan fingerprint density at radius 3 is 2.56 bits per heavy atom. The fraction of sp³-hybridized carbons (Fsp3) is 0.917. The van der Waals surface area contributed by atoms with Gasteiger partial charge in [0.25, 0.3) is 0 Å². The van der Waals surface area contributed by atoms with Gasteiger partial charge in [0, 0.05) is 25.7 Å². The van der Waals surface area contributed by atoms with Gasteiger partial charge in [0.05, 0.1) is 7.11 Å². The fourth-order valence-electron chi connectivity index (χ4n) is 3.03. The molecule has 92 valence electrons. The van der Waals surface area contributed by atoms with E-state index in [9.17, 15) is 4.79 Å².